The molecule has 9 heteroatoms. The predicted molar refractivity (Wildman–Crippen MR) is 140 cm³/mol. The Bertz CT molecular complexity index is 1490. The predicted octanol–water partition coefficient (Wildman–Crippen LogP) is 5.75. The average Bonchev–Trinajstić information content (AvgIpc) is 3.28. The fraction of sp³-hybridized carbons (Fsp3) is 0.0769. The lowest BCUT2D eigenvalue weighted by Crippen LogP contribution is -2.23. The van der Waals surface area contributed by atoms with E-state index < -0.39 is 0 Å². The van der Waals surface area contributed by atoms with Crippen LogP contribution in [0.3, 0.4) is 0 Å². The molecule has 1 amide bonds. The number of hydrogen-bond acceptors (Lipinski definition) is 5. The molecule has 0 saturated heterocycles. The molecule has 2 aromatic carbocycles. The van der Waals surface area contributed by atoms with Gasteiger partial charge in [-0.2, -0.15) is 9.61 Å². The number of nitrogens with zero attached hydrogens (tertiary/aromatic N) is 4. The van der Waals surface area contributed by atoms with E-state index in [2.05, 4.69) is 36.6 Å². The van der Waals surface area contributed by atoms with E-state index in [1.165, 1.54) is 0 Å². The Hall–Kier alpha value is -3.75. The summed E-state index contributed by atoms with van der Waals surface area (Å²) in [5, 5.41) is 11.4. The molecule has 0 radical (unpaired) electrons. The zero-order chi connectivity index (χ0) is 24.2. The Kier molecular flexibility index (Phi) is 6.74. The van der Waals surface area contributed by atoms with Gasteiger partial charge in [-0.25, -0.2) is 4.98 Å². The number of nitrogens with one attached hydrogen (secondary N) is 2. The third-order valence-corrected chi connectivity index (χ3v) is 6.31. The van der Waals surface area contributed by atoms with E-state index >= 15 is 0 Å². The first-order valence-corrected chi connectivity index (χ1v) is 12.1. The van der Waals surface area contributed by atoms with Crippen molar-refractivity contribution in [2.75, 3.05) is 5.32 Å². The maximum atomic E-state index is 12.2. The van der Waals surface area contributed by atoms with Crippen LogP contribution in [0.2, 0.25) is 5.02 Å². The molecule has 5 rings (SSSR count). The van der Waals surface area contributed by atoms with E-state index in [9.17, 15) is 4.79 Å². The number of amides is 1. The number of fused-ring (bicyclic) bond motifs is 1. The van der Waals surface area contributed by atoms with Crippen LogP contribution in [-0.2, 0) is 13.1 Å². The molecular weight excluding hydrogens is 528 g/mol. The minimum absolute atomic E-state index is 0.197. The zero-order valence-electron chi connectivity index (χ0n) is 18.5. The summed E-state index contributed by atoms with van der Waals surface area (Å²) < 4.78 is 2.55. The van der Waals surface area contributed by atoms with Gasteiger partial charge in [-0.15, -0.1) is 0 Å². The fourth-order valence-corrected chi connectivity index (χ4v) is 4.19. The van der Waals surface area contributed by atoms with E-state index in [0.717, 1.165) is 32.7 Å². The third kappa shape index (κ3) is 5.18. The quantitative estimate of drug-likeness (QED) is 0.271. The summed E-state index contributed by atoms with van der Waals surface area (Å²) in [5.41, 5.74) is 4.79. The van der Waals surface area contributed by atoms with Gasteiger partial charge in [0.2, 0.25) is 0 Å². The number of halogens is 2. The van der Waals surface area contributed by atoms with E-state index in [1.54, 1.807) is 35.1 Å². The molecule has 174 valence electrons. The SMILES string of the molecule is O=C(NCc1ccc(CNc2cc(-c3ccccc3Cl)nc3c(Br)cnn23)cc1)c1ccccn1. The molecule has 3 heterocycles. The van der Waals surface area contributed by atoms with Gasteiger partial charge in [0.25, 0.3) is 5.91 Å². The second-order valence-corrected chi connectivity index (χ2v) is 9.06. The lowest BCUT2D eigenvalue weighted by atomic mass is 10.1. The van der Waals surface area contributed by atoms with Gasteiger partial charge in [0.15, 0.2) is 5.65 Å². The molecule has 0 saturated carbocycles. The van der Waals surface area contributed by atoms with Crippen LogP contribution < -0.4 is 10.6 Å². The van der Waals surface area contributed by atoms with Crippen molar-refractivity contribution in [3.8, 4) is 11.3 Å². The van der Waals surface area contributed by atoms with Gasteiger partial charge < -0.3 is 10.6 Å². The molecule has 0 fully saturated rings. The zero-order valence-corrected chi connectivity index (χ0v) is 20.8. The Balaban J connectivity index is 1.29. The molecule has 3 aromatic heterocycles. The highest BCUT2D eigenvalue weighted by Crippen LogP contribution is 2.30. The van der Waals surface area contributed by atoms with Crippen molar-refractivity contribution >= 4 is 44.9 Å². The lowest BCUT2D eigenvalue weighted by Gasteiger charge is -2.12. The molecule has 0 aliphatic carbocycles. The molecule has 0 bridgehead atoms. The average molecular weight is 548 g/mol. The van der Waals surface area contributed by atoms with Crippen molar-refractivity contribution < 1.29 is 4.79 Å². The van der Waals surface area contributed by atoms with Crippen LogP contribution >= 0.6 is 27.5 Å². The summed E-state index contributed by atoms with van der Waals surface area (Å²) in [4.78, 5) is 21.0. The molecule has 35 heavy (non-hydrogen) atoms. The Morgan fingerprint density at radius 1 is 0.971 bits per heavy atom. The second kappa shape index (κ2) is 10.2. The standard InChI is InChI=1S/C26H20BrClN6O/c27-20-16-32-34-24(13-23(33-25(20)34)19-5-1-2-6-21(19)28)30-14-17-8-10-18(11-9-17)15-31-26(35)22-7-3-4-12-29-22/h1-13,16,30H,14-15H2,(H,31,35). The van der Waals surface area contributed by atoms with Crippen molar-refractivity contribution in [3.63, 3.8) is 0 Å². The first-order chi connectivity index (χ1) is 17.1. The van der Waals surface area contributed by atoms with E-state index in [4.69, 9.17) is 16.6 Å². The fourth-order valence-electron chi connectivity index (χ4n) is 3.61. The number of pyridine rings is 1. The molecule has 2 N–H and O–H groups in total. The molecular formula is C26H20BrClN6O. The minimum atomic E-state index is -0.197. The normalized spacial score (nSPS) is 10.9. The van der Waals surface area contributed by atoms with Crippen molar-refractivity contribution in [2.45, 2.75) is 13.1 Å². The molecule has 0 spiro atoms. The van der Waals surface area contributed by atoms with Crippen LogP contribution in [0.4, 0.5) is 5.82 Å². The summed E-state index contributed by atoms with van der Waals surface area (Å²) in [6, 6.07) is 22.9. The lowest BCUT2D eigenvalue weighted by molar-refractivity contribution is 0.0946. The van der Waals surface area contributed by atoms with Gasteiger partial charge in [-0.05, 0) is 45.3 Å². The van der Waals surface area contributed by atoms with Gasteiger partial charge in [-0.1, -0.05) is 60.1 Å². The number of anilines is 1. The number of carbonyl (C=O) groups excluding carboxylic acids is 1. The molecule has 0 aliphatic rings. The molecule has 7 nitrogen and oxygen atoms in total. The number of benzene rings is 2. The van der Waals surface area contributed by atoms with Crippen molar-refractivity contribution in [3.05, 3.63) is 112 Å². The van der Waals surface area contributed by atoms with Crippen LogP contribution in [-0.4, -0.2) is 25.5 Å². The van der Waals surface area contributed by atoms with Gasteiger partial charge in [0.1, 0.15) is 11.5 Å². The first kappa shape index (κ1) is 23.0. The van der Waals surface area contributed by atoms with Crippen LogP contribution in [0.1, 0.15) is 21.6 Å². The summed E-state index contributed by atoms with van der Waals surface area (Å²) in [5.74, 6) is 0.597. The van der Waals surface area contributed by atoms with Crippen molar-refractivity contribution in [2.24, 2.45) is 0 Å². The van der Waals surface area contributed by atoms with Crippen molar-refractivity contribution in [1.82, 2.24) is 24.9 Å². The topological polar surface area (TPSA) is 84.2 Å². The number of aromatic nitrogens is 4. The summed E-state index contributed by atoms with van der Waals surface area (Å²) in [7, 11) is 0. The highest BCUT2D eigenvalue weighted by molar-refractivity contribution is 9.10. The number of rotatable bonds is 7. The highest BCUT2D eigenvalue weighted by atomic mass is 79.9. The van der Waals surface area contributed by atoms with E-state index in [-0.39, 0.29) is 5.91 Å². The van der Waals surface area contributed by atoms with E-state index in [0.29, 0.717) is 29.5 Å². The van der Waals surface area contributed by atoms with Gasteiger partial charge >= 0.3 is 0 Å². The minimum Gasteiger partial charge on any atom is -0.366 e. The highest BCUT2D eigenvalue weighted by Gasteiger charge is 2.13. The first-order valence-electron chi connectivity index (χ1n) is 10.9. The molecule has 0 atom stereocenters. The van der Waals surface area contributed by atoms with E-state index in [1.807, 2.05) is 54.6 Å². The number of carbonyl (C=O) groups is 1. The van der Waals surface area contributed by atoms with Crippen LogP contribution in [0.15, 0.2) is 89.7 Å². The number of hydrogen-bond donors (Lipinski definition) is 2. The molecule has 0 unspecified atom stereocenters. The Morgan fingerprint density at radius 3 is 2.46 bits per heavy atom. The summed E-state index contributed by atoms with van der Waals surface area (Å²) in [6.07, 6.45) is 3.32. The van der Waals surface area contributed by atoms with Crippen LogP contribution in [0, 0.1) is 0 Å². The summed E-state index contributed by atoms with van der Waals surface area (Å²) in [6.45, 7) is 1.01. The smallest absolute Gasteiger partial charge is 0.270 e. The third-order valence-electron chi connectivity index (χ3n) is 5.43. The Morgan fingerprint density at radius 2 is 1.71 bits per heavy atom. The summed E-state index contributed by atoms with van der Waals surface area (Å²) >= 11 is 9.95. The largest absolute Gasteiger partial charge is 0.366 e. The Labute approximate surface area is 215 Å². The monoisotopic (exact) mass is 546 g/mol. The van der Waals surface area contributed by atoms with Crippen molar-refractivity contribution in [1.29, 1.82) is 0 Å². The molecule has 5 aromatic rings. The van der Waals surface area contributed by atoms with Gasteiger partial charge in [0, 0.05) is 35.9 Å². The van der Waals surface area contributed by atoms with Crippen LogP contribution in [0.5, 0.6) is 0 Å². The van der Waals surface area contributed by atoms with Gasteiger partial charge in [0.05, 0.1) is 16.4 Å². The van der Waals surface area contributed by atoms with Gasteiger partial charge in [-0.3, -0.25) is 9.78 Å². The van der Waals surface area contributed by atoms with Crippen LogP contribution in [0.25, 0.3) is 16.9 Å². The maximum Gasteiger partial charge on any atom is 0.270 e. The maximum absolute atomic E-state index is 12.2. The second-order valence-electron chi connectivity index (χ2n) is 7.80. The molecule has 0 aliphatic heterocycles.